The zero-order valence-corrected chi connectivity index (χ0v) is 37.3. The summed E-state index contributed by atoms with van der Waals surface area (Å²) in [7, 11) is 1.70. The summed E-state index contributed by atoms with van der Waals surface area (Å²) < 4.78 is 4.75. The average molecular weight is 817 g/mol. The van der Waals surface area contributed by atoms with E-state index in [1.165, 1.54) is 17.1 Å². The molecular formula is C45H64N6O8. The van der Waals surface area contributed by atoms with Crippen molar-refractivity contribution in [1.82, 2.24) is 9.96 Å². The molecule has 0 aromatic heterocycles. The maximum Gasteiger partial charge on any atom is 0.335 e. The predicted octanol–water partition coefficient (Wildman–Crippen LogP) is 8.57. The lowest BCUT2D eigenvalue weighted by molar-refractivity contribution is -0.199. The molecule has 3 aliphatic heterocycles. The molecule has 0 atom stereocenters. The van der Waals surface area contributed by atoms with Crippen LogP contribution in [-0.4, -0.2) is 70.8 Å². The highest BCUT2D eigenvalue weighted by Gasteiger charge is 2.33. The minimum Gasteiger partial charge on any atom is -0.382 e. The van der Waals surface area contributed by atoms with Crippen molar-refractivity contribution in [3.8, 4) is 11.8 Å². The third kappa shape index (κ3) is 20.5. The minimum absolute atomic E-state index is 0.0324. The Hall–Kier alpha value is -5.77. The van der Waals surface area contributed by atoms with Crippen LogP contribution in [-0.2, 0) is 44.9 Å². The number of ether oxygens (including phenoxy) is 1. The van der Waals surface area contributed by atoms with Gasteiger partial charge in [-0.2, -0.15) is 0 Å². The van der Waals surface area contributed by atoms with Crippen LogP contribution in [0.25, 0.3) is 10.4 Å². The molecule has 1 saturated heterocycles. The van der Waals surface area contributed by atoms with Crippen LogP contribution in [0.2, 0.25) is 0 Å². The molecule has 0 saturated carbocycles. The van der Waals surface area contributed by atoms with Gasteiger partial charge in [0.1, 0.15) is 0 Å². The van der Waals surface area contributed by atoms with Gasteiger partial charge >= 0.3 is 5.97 Å². The van der Waals surface area contributed by atoms with Gasteiger partial charge in [0.25, 0.3) is 23.6 Å². The summed E-state index contributed by atoms with van der Waals surface area (Å²) in [5.41, 5.74) is 11.6. The van der Waals surface area contributed by atoms with Crippen LogP contribution in [0.1, 0.15) is 120 Å². The summed E-state index contributed by atoms with van der Waals surface area (Å²) >= 11 is 0. The molecule has 5 amide bonds. The number of azide groups is 1. The minimum atomic E-state index is -0.566. The van der Waals surface area contributed by atoms with Crippen LogP contribution >= 0.6 is 0 Å². The monoisotopic (exact) mass is 816 g/mol. The summed E-state index contributed by atoms with van der Waals surface area (Å²) in [6.45, 7) is 25.5. The highest BCUT2D eigenvalue weighted by molar-refractivity contribution is 6.13. The Kier molecular flexibility index (Phi) is 25.1. The van der Waals surface area contributed by atoms with Gasteiger partial charge in [-0.1, -0.05) is 110 Å². The standard InChI is InChI=1S/C19H17NO.C8H11NO4.C7H9NO2.C4H10O.C4H10.C3H7N3/c1-14(2)19(21)20-13-17-9-4-3-7-15(17)11-12-16-8-5-6-10-18(16)20;1-5(2)8(12)13-9-6(10)3-4-7(9)11;1-5(2)8-6(9)3-4-7(8)10;1-4(2)5-3;1-4(2)3;1-3(2)5-6-4/h3-10,14H,13H2,1-2H3;5H,3-4H2,1-2H3;3-5H,1-2H3;4H,1-3H3;4H,1-3H3;3H,1-2H3. The maximum atomic E-state index is 12.6. The van der Waals surface area contributed by atoms with E-state index in [0.717, 1.165) is 28.3 Å². The number of amides is 5. The topological polar surface area (TPSA) is 179 Å². The number of benzene rings is 2. The SMILES string of the molecule is CC(C)C.CC(C)C(=O)N1Cc2ccccc2C#Cc2ccccc21.CC(C)C(=O)ON1C(=O)CCC1=O.CC(C)N1C(=O)C=CC1=O.CC(C)N=[N+]=[N-].COC(C)C. The van der Waals surface area contributed by atoms with Crippen molar-refractivity contribution in [2.45, 2.75) is 128 Å². The number of methoxy groups -OCH3 is 1. The fourth-order valence-electron chi connectivity index (χ4n) is 4.37. The first-order valence-corrected chi connectivity index (χ1v) is 19.8. The molecule has 3 heterocycles. The number of hydroxylamine groups is 2. The van der Waals surface area contributed by atoms with Crippen molar-refractivity contribution in [2.75, 3.05) is 12.0 Å². The number of anilines is 1. The number of hydrogen-bond acceptors (Lipinski definition) is 9. The van der Waals surface area contributed by atoms with Gasteiger partial charge < -0.3 is 14.5 Å². The van der Waals surface area contributed by atoms with Crippen LogP contribution in [0.5, 0.6) is 0 Å². The third-order valence-electron chi connectivity index (χ3n) is 7.40. The average Bonchev–Trinajstić information content (AvgIpc) is 3.67. The largest absolute Gasteiger partial charge is 0.382 e. The Morgan fingerprint density at radius 2 is 1.19 bits per heavy atom. The van der Waals surface area contributed by atoms with Gasteiger partial charge in [-0.25, -0.2) is 4.79 Å². The molecule has 5 rings (SSSR count). The lowest BCUT2D eigenvalue weighted by Gasteiger charge is -2.27. The number of rotatable bonds is 6. The highest BCUT2D eigenvalue weighted by atomic mass is 16.7. The van der Waals surface area contributed by atoms with Gasteiger partial charge in [0.15, 0.2) is 0 Å². The van der Waals surface area contributed by atoms with Crippen molar-refractivity contribution >= 4 is 41.2 Å². The van der Waals surface area contributed by atoms with Gasteiger partial charge in [0.05, 0.1) is 24.3 Å². The summed E-state index contributed by atoms with van der Waals surface area (Å²) in [6, 6.07) is 15.9. The summed E-state index contributed by atoms with van der Waals surface area (Å²) in [6.07, 6.45) is 3.23. The summed E-state index contributed by atoms with van der Waals surface area (Å²) in [4.78, 5) is 77.5. The first kappa shape index (κ1) is 53.2. The van der Waals surface area contributed by atoms with Crippen LogP contribution in [0.15, 0.2) is 65.8 Å². The Morgan fingerprint density at radius 1 is 0.729 bits per heavy atom. The second-order valence-electron chi connectivity index (χ2n) is 15.4. The lowest BCUT2D eigenvalue weighted by Crippen LogP contribution is -2.36. The Morgan fingerprint density at radius 3 is 1.58 bits per heavy atom. The molecule has 0 N–H and O–H groups in total. The number of carbonyl (C=O) groups is 6. The van der Waals surface area contributed by atoms with Crippen molar-refractivity contribution in [3.63, 3.8) is 0 Å². The molecule has 1 fully saturated rings. The molecule has 2 aromatic carbocycles. The van der Waals surface area contributed by atoms with Gasteiger partial charge in [-0.15, -0.1) is 5.06 Å². The quantitative estimate of drug-likeness (QED) is 0.0914. The van der Waals surface area contributed by atoms with Crippen molar-refractivity contribution in [3.05, 3.63) is 87.8 Å². The van der Waals surface area contributed by atoms with Crippen molar-refractivity contribution in [2.24, 2.45) is 22.9 Å². The maximum absolute atomic E-state index is 12.6. The molecule has 322 valence electrons. The molecular weight excluding hydrogens is 753 g/mol. The van der Waals surface area contributed by atoms with Gasteiger partial charge in [0.2, 0.25) is 5.91 Å². The highest BCUT2D eigenvalue weighted by Crippen LogP contribution is 2.26. The molecule has 0 spiro atoms. The number of carbonyl (C=O) groups excluding carboxylic acids is 6. The Balaban J connectivity index is 0.000000763. The summed E-state index contributed by atoms with van der Waals surface area (Å²) in [5.74, 6) is 5.12. The van der Waals surface area contributed by atoms with Gasteiger partial charge in [-0.3, -0.25) is 28.9 Å². The lowest BCUT2D eigenvalue weighted by atomic mass is 10.0. The molecule has 14 nitrogen and oxygen atoms in total. The third-order valence-corrected chi connectivity index (χ3v) is 7.40. The first-order chi connectivity index (χ1) is 27.6. The van der Waals surface area contributed by atoms with E-state index in [-0.39, 0.29) is 54.5 Å². The predicted molar refractivity (Wildman–Crippen MR) is 230 cm³/mol. The Labute approximate surface area is 350 Å². The molecule has 0 bridgehead atoms. The normalized spacial score (nSPS) is 13.5. The van der Waals surface area contributed by atoms with Crippen LogP contribution in [0.4, 0.5) is 5.69 Å². The van der Waals surface area contributed by atoms with E-state index in [1.54, 1.807) is 21.0 Å². The first-order valence-electron chi connectivity index (χ1n) is 19.8. The number of fused-ring (bicyclic) bond motifs is 2. The van der Waals surface area contributed by atoms with Crippen molar-refractivity contribution < 1.29 is 38.3 Å². The fourth-order valence-corrected chi connectivity index (χ4v) is 4.37. The molecule has 14 heteroatoms. The molecule has 3 aliphatic rings. The molecule has 0 radical (unpaired) electrons. The zero-order chi connectivity index (χ0) is 45.4. The van der Waals surface area contributed by atoms with E-state index >= 15 is 0 Å². The van der Waals surface area contributed by atoms with E-state index in [9.17, 15) is 28.8 Å². The van der Waals surface area contributed by atoms with E-state index < -0.39 is 17.8 Å². The smallest absolute Gasteiger partial charge is 0.335 e. The van der Waals surface area contributed by atoms with Gasteiger partial charge in [0, 0.05) is 66.1 Å². The van der Waals surface area contributed by atoms with E-state index in [2.05, 4.69) is 47.5 Å². The molecule has 0 unspecified atom stereocenters. The number of nitrogens with zero attached hydrogens (tertiary/aromatic N) is 6. The summed E-state index contributed by atoms with van der Waals surface area (Å²) in [5, 5.41) is 3.86. The van der Waals surface area contributed by atoms with E-state index in [4.69, 9.17) is 10.3 Å². The number of hydrogen-bond donors (Lipinski definition) is 0. The molecule has 2 aromatic rings. The van der Waals surface area contributed by atoms with Crippen LogP contribution in [0, 0.1) is 29.6 Å². The van der Waals surface area contributed by atoms with Crippen LogP contribution in [0.3, 0.4) is 0 Å². The zero-order valence-electron chi connectivity index (χ0n) is 37.3. The number of para-hydroxylation sites is 1. The second-order valence-corrected chi connectivity index (χ2v) is 15.4. The Bertz CT molecular complexity index is 1810. The number of imide groups is 2. The fraction of sp³-hybridized carbons (Fsp3) is 0.511. The molecule has 59 heavy (non-hydrogen) atoms. The van der Waals surface area contributed by atoms with Crippen LogP contribution < -0.4 is 4.90 Å². The van der Waals surface area contributed by atoms with Gasteiger partial charge in [-0.05, 0) is 62.9 Å². The second kappa shape index (κ2) is 27.8. The molecule has 0 aliphatic carbocycles. The van der Waals surface area contributed by atoms with E-state index in [0.29, 0.717) is 17.7 Å². The van der Waals surface area contributed by atoms with E-state index in [1.807, 2.05) is 109 Å². The van der Waals surface area contributed by atoms with Crippen molar-refractivity contribution in [1.29, 1.82) is 0 Å².